The fourth-order valence-corrected chi connectivity index (χ4v) is 1.82. The van der Waals surface area contributed by atoms with E-state index in [9.17, 15) is 4.79 Å². The number of amides is 1. The first-order chi connectivity index (χ1) is 5.82. The summed E-state index contributed by atoms with van der Waals surface area (Å²) in [5.41, 5.74) is 0.0963. The van der Waals surface area contributed by atoms with Crippen molar-refractivity contribution in [1.29, 1.82) is 0 Å². The van der Waals surface area contributed by atoms with Gasteiger partial charge in [-0.25, -0.2) is 0 Å². The van der Waals surface area contributed by atoms with Crippen LogP contribution in [0.5, 0.6) is 0 Å². The van der Waals surface area contributed by atoms with Crippen LogP contribution in [0.2, 0.25) is 0 Å². The molecular formula is C10H20N2O. The molecule has 0 aromatic carbocycles. The molecule has 76 valence electrons. The van der Waals surface area contributed by atoms with Gasteiger partial charge in [0.1, 0.15) is 0 Å². The van der Waals surface area contributed by atoms with Gasteiger partial charge in [-0.1, -0.05) is 20.8 Å². The van der Waals surface area contributed by atoms with E-state index in [2.05, 4.69) is 33.0 Å². The summed E-state index contributed by atoms with van der Waals surface area (Å²) in [6.45, 7) is 8.50. The number of hydrogen-bond donors (Lipinski definition) is 1. The average molecular weight is 184 g/mol. The minimum Gasteiger partial charge on any atom is -0.330 e. The first kappa shape index (κ1) is 10.5. The molecule has 0 spiro atoms. The maximum Gasteiger partial charge on any atom is 0.225 e. The lowest BCUT2D eigenvalue weighted by Crippen LogP contribution is -2.61. The van der Waals surface area contributed by atoms with Gasteiger partial charge in [-0.15, -0.1) is 0 Å². The minimum atomic E-state index is 0.0963. The third-order valence-corrected chi connectivity index (χ3v) is 2.52. The fraction of sp³-hybridized carbons (Fsp3) is 0.900. The molecule has 1 fully saturated rings. The predicted octanol–water partition coefficient (Wildman–Crippen LogP) is 1.20. The molecule has 2 atom stereocenters. The number of hydrogen-bond acceptors (Lipinski definition) is 2. The van der Waals surface area contributed by atoms with E-state index in [1.165, 1.54) is 0 Å². The molecule has 0 aromatic rings. The van der Waals surface area contributed by atoms with E-state index in [0.717, 1.165) is 0 Å². The van der Waals surface area contributed by atoms with E-state index in [4.69, 9.17) is 0 Å². The number of carbonyl (C=O) groups excluding carboxylic acids is 1. The maximum absolute atomic E-state index is 11.5. The lowest BCUT2D eigenvalue weighted by molar-refractivity contribution is -0.139. The molecule has 0 radical (unpaired) electrons. The Kier molecular flexibility index (Phi) is 2.66. The molecule has 3 nitrogen and oxygen atoms in total. The predicted molar refractivity (Wildman–Crippen MR) is 53.2 cm³/mol. The third kappa shape index (κ3) is 2.21. The van der Waals surface area contributed by atoms with Crippen molar-refractivity contribution in [3.05, 3.63) is 0 Å². The van der Waals surface area contributed by atoms with E-state index < -0.39 is 0 Å². The highest BCUT2D eigenvalue weighted by atomic mass is 16.2. The summed E-state index contributed by atoms with van der Waals surface area (Å²) in [5.74, 6) is 0.242. The van der Waals surface area contributed by atoms with Gasteiger partial charge in [-0.3, -0.25) is 10.1 Å². The van der Waals surface area contributed by atoms with E-state index >= 15 is 0 Å². The Bertz CT molecular complexity index is 207. The number of carbonyl (C=O) groups is 1. The zero-order chi connectivity index (χ0) is 10.2. The monoisotopic (exact) mass is 184 g/mol. The van der Waals surface area contributed by atoms with Crippen molar-refractivity contribution >= 4 is 5.91 Å². The highest BCUT2D eigenvalue weighted by Gasteiger charge is 2.35. The molecule has 0 aromatic heterocycles. The van der Waals surface area contributed by atoms with Gasteiger partial charge in [-0.2, -0.15) is 0 Å². The summed E-state index contributed by atoms with van der Waals surface area (Å²) in [5, 5.41) is 3.44. The number of nitrogens with one attached hydrogen (secondary N) is 1. The Morgan fingerprint density at radius 2 is 2.00 bits per heavy atom. The van der Waals surface area contributed by atoms with E-state index in [0.29, 0.717) is 12.5 Å². The third-order valence-electron chi connectivity index (χ3n) is 2.52. The molecular weight excluding hydrogens is 164 g/mol. The van der Waals surface area contributed by atoms with Gasteiger partial charge >= 0.3 is 0 Å². The highest BCUT2D eigenvalue weighted by Crippen LogP contribution is 2.25. The Balaban J connectivity index is 2.78. The first-order valence-corrected chi connectivity index (χ1v) is 4.84. The molecule has 1 amide bonds. The van der Waals surface area contributed by atoms with Crippen LogP contribution in [0.3, 0.4) is 0 Å². The highest BCUT2D eigenvalue weighted by molar-refractivity contribution is 5.77. The second-order valence-corrected chi connectivity index (χ2v) is 5.05. The molecule has 0 bridgehead atoms. The molecule has 1 rings (SSSR count). The van der Waals surface area contributed by atoms with E-state index in [-0.39, 0.29) is 17.5 Å². The van der Waals surface area contributed by atoms with Gasteiger partial charge < -0.3 is 4.90 Å². The molecule has 1 aliphatic heterocycles. The quantitative estimate of drug-likeness (QED) is 0.613. The van der Waals surface area contributed by atoms with Gasteiger partial charge in [0.25, 0.3) is 0 Å². The summed E-state index contributed by atoms with van der Waals surface area (Å²) in [7, 11) is 1.87. The van der Waals surface area contributed by atoms with Crippen molar-refractivity contribution < 1.29 is 4.79 Å². The lowest BCUT2D eigenvalue weighted by Gasteiger charge is -2.44. The Morgan fingerprint density at radius 3 is 2.46 bits per heavy atom. The maximum atomic E-state index is 11.5. The Labute approximate surface area is 80.5 Å². The summed E-state index contributed by atoms with van der Waals surface area (Å²) >= 11 is 0. The zero-order valence-corrected chi connectivity index (χ0v) is 9.22. The fourth-order valence-electron chi connectivity index (χ4n) is 1.82. The smallest absolute Gasteiger partial charge is 0.225 e. The molecule has 1 aliphatic rings. The molecule has 1 N–H and O–H groups in total. The molecule has 2 unspecified atom stereocenters. The molecule has 3 heteroatoms. The Morgan fingerprint density at radius 1 is 1.46 bits per heavy atom. The average Bonchev–Trinajstić information content (AvgIpc) is 1.94. The summed E-state index contributed by atoms with van der Waals surface area (Å²) in [4.78, 5) is 13.4. The van der Waals surface area contributed by atoms with Crippen molar-refractivity contribution in [1.82, 2.24) is 10.2 Å². The van der Waals surface area contributed by atoms with Crippen LogP contribution in [0.4, 0.5) is 0 Å². The van der Waals surface area contributed by atoms with Crippen molar-refractivity contribution in [2.24, 2.45) is 5.41 Å². The van der Waals surface area contributed by atoms with Crippen LogP contribution < -0.4 is 5.32 Å². The SMILES string of the molecule is CC1CC(=O)N(C)C(C(C)(C)C)N1. The Hall–Kier alpha value is -0.570. The number of rotatable bonds is 0. The molecule has 13 heavy (non-hydrogen) atoms. The molecule has 0 aliphatic carbocycles. The van der Waals surface area contributed by atoms with Crippen LogP contribution in [0.15, 0.2) is 0 Å². The van der Waals surface area contributed by atoms with Crippen LogP contribution >= 0.6 is 0 Å². The van der Waals surface area contributed by atoms with Crippen molar-refractivity contribution in [3.8, 4) is 0 Å². The van der Waals surface area contributed by atoms with Crippen molar-refractivity contribution in [2.45, 2.75) is 46.3 Å². The summed E-state index contributed by atoms with van der Waals surface area (Å²) < 4.78 is 0. The topological polar surface area (TPSA) is 32.3 Å². The second kappa shape index (κ2) is 3.29. The minimum absolute atomic E-state index is 0.0963. The largest absolute Gasteiger partial charge is 0.330 e. The van der Waals surface area contributed by atoms with Crippen molar-refractivity contribution in [3.63, 3.8) is 0 Å². The lowest BCUT2D eigenvalue weighted by atomic mass is 9.89. The summed E-state index contributed by atoms with van der Waals surface area (Å²) in [6.07, 6.45) is 0.770. The van der Waals surface area contributed by atoms with Crippen molar-refractivity contribution in [2.75, 3.05) is 7.05 Å². The van der Waals surface area contributed by atoms with Gasteiger partial charge in [-0.05, 0) is 12.3 Å². The van der Waals surface area contributed by atoms with E-state index in [1.807, 2.05) is 11.9 Å². The van der Waals surface area contributed by atoms with Crippen LogP contribution in [0, 0.1) is 5.41 Å². The van der Waals surface area contributed by atoms with Crippen LogP contribution in [-0.2, 0) is 4.79 Å². The molecule has 0 saturated carbocycles. The van der Waals surface area contributed by atoms with Crippen LogP contribution in [-0.4, -0.2) is 30.1 Å². The van der Waals surface area contributed by atoms with Crippen LogP contribution in [0.25, 0.3) is 0 Å². The van der Waals surface area contributed by atoms with E-state index in [1.54, 1.807) is 0 Å². The molecule has 1 heterocycles. The first-order valence-electron chi connectivity index (χ1n) is 4.84. The van der Waals surface area contributed by atoms with Gasteiger partial charge in [0.15, 0.2) is 0 Å². The van der Waals surface area contributed by atoms with Gasteiger partial charge in [0.2, 0.25) is 5.91 Å². The van der Waals surface area contributed by atoms with Gasteiger partial charge in [0, 0.05) is 19.5 Å². The number of nitrogens with zero attached hydrogens (tertiary/aromatic N) is 1. The summed E-state index contributed by atoms with van der Waals surface area (Å²) in [6, 6.07) is 0.299. The van der Waals surface area contributed by atoms with Crippen LogP contribution in [0.1, 0.15) is 34.1 Å². The standard InChI is InChI=1S/C10H20N2O/c1-7-6-8(13)12(5)9(11-7)10(2,3)4/h7,9,11H,6H2,1-5H3. The second-order valence-electron chi connectivity index (χ2n) is 5.05. The molecule has 1 saturated heterocycles. The zero-order valence-electron chi connectivity index (χ0n) is 9.22. The van der Waals surface area contributed by atoms with Gasteiger partial charge in [0.05, 0.1) is 6.17 Å². The normalized spacial score (nSPS) is 30.8.